The van der Waals surface area contributed by atoms with Crippen molar-refractivity contribution in [3.05, 3.63) is 27.4 Å². The molecule has 0 spiro atoms. The van der Waals surface area contributed by atoms with E-state index in [0.29, 0.717) is 19.4 Å². The van der Waals surface area contributed by atoms with Crippen molar-refractivity contribution in [1.29, 1.82) is 0 Å². The van der Waals surface area contributed by atoms with Gasteiger partial charge in [0.2, 0.25) is 5.82 Å². The second-order valence-corrected chi connectivity index (χ2v) is 4.06. The minimum Gasteiger partial charge on any atom is -0.393 e. The third kappa shape index (κ3) is 4.54. The van der Waals surface area contributed by atoms with Gasteiger partial charge in [0.15, 0.2) is 0 Å². The molecule has 1 atom stereocenters. The number of pyridine rings is 1. The maximum Gasteiger partial charge on any atom is 0.311 e. The van der Waals surface area contributed by atoms with Crippen molar-refractivity contribution in [3.8, 4) is 0 Å². The first-order chi connectivity index (χ1) is 8.00. The highest BCUT2D eigenvalue weighted by Gasteiger charge is 2.14. The van der Waals surface area contributed by atoms with Crippen LogP contribution in [-0.4, -0.2) is 27.7 Å². The summed E-state index contributed by atoms with van der Waals surface area (Å²) in [5.74, 6) is 0.160. The first-order valence-electron chi connectivity index (χ1n) is 5.23. The van der Waals surface area contributed by atoms with E-state index < -0.39 is 4.92 Å². The van der Waals surface area contributed by atoms with Crippen LogP contribution >= 0.6 is 11.6 Å². The van der Waals surface area contributed by atoms with Crippen LogP contribution in [0.1, 0.15) is 19.8 Å². The predicted octanol–water partition coefficient (Wildman–Crippen LogP) is 2.22. The molecule has 0 fully saturated rings. The van der Waals surface area contributed by atoms with Gasteiger partial charge in [-0.2, -0.15) is 0 Å². The van der Waals surface area contributed by atoms with E-state index in [1.54, 1.807) is 6.92 Å². The summed E-state index contributed by atoms with van der Waals surface area (Å²) in [5, 5.41) is 22.8. The van der Waals surface area contributed by atoms with Crippen LogP contribution in [-0.2, 0) is 0 Å². The van der Waals surface area contributed by atoms with E-state index in [9.17, 15) is 10.1 Å². The molecule has 2 N–H and O–H groups in total. The Bertz CT molecular complexity index is 398. The van der Waals surface area contributed by atoms with Gasteiger partial charge in [0, 0.05) is 12.6 Å². The standard InChI is InChI=1S/C10H14ClN3O3/c1-7(15)3-2-6-12-10-8(14(16)17)4-5-9(11)13-10/h4-5,7,15H,2-3,6H2,1H3,(H,12,13). The second-order valence-electron chi connectivity index (χ2n) is 3.68. The Hall–Kier alpha value is -1.40. The van der Waals surface area contributed by atoms with Gasteiger partial charge in [-0.05, 0) is 25.8 Å². The highest BCUT2D eigenvalue weighted by atomic mass is 35.5. The smallest absolute Gasteiger partial charge is 0.311 e. The first kappa shape index (κ1) is 13.7. The van der Waals surface area contributed by atoms with E-state index in [1.807, 2.05) is 0 Å². The molecule has 1 heterocycles. The summed E-state index contributed by atoms with van der Waals surface area (Å²) in [5.41, 5.74) is -0.105. The van der Waals surface area contributed by atoms with Crippen molar-refractivity contribution < 1.29 is 10.0 Å². The maximum atomic E-state index is 10.7. The number of nitrogens with one attached hydrogen (secondary N) is 1. The van der Waals surface area contributed by atoms with Crippen LogP contribution in [0.4, 0.5) is 11.5 Å². The summed E-state index contributed by atoms with van der Waals surface area (Å²) in [4.78, 5) is 14.1. The molecule has 7 heteroatoms. The zero-order valence-corrected chi connectivity index (χ0v) is 10.1. The Morgan fingerprint density at radius 3 is 2.94 bits per heavy atom. The molecule has 0 saturated heterocycles. The van der Waals surface area contributed by atoms with Crippen molar-refractivity contribution in [2.24, 2.45) is 0 Å². The lowest BCUT2D eigenvalue weighted by Gasteiger charge is -2.07. The number of anilines is 1. The van der Waals surface area contributed by atoms with Crippen molar-refractivity contribution in [2.75, 3.05) is 11.9 Å². The number of nitro groups is 1. The van der Waals surface area contributed by atoms with E-state index in [0.717, 1.165) is 0 Å². The minimum atomic E-state index is -0.514. The fourth-order valence-electron chi connectivity index (χ4n) is 1.31. The quantitative estimate of drug-likeness (QED) is 0.354. The summed E-state index contributed by atoms with van der Waals surface area (Å²) in [6.45, 7) is 2.19. The monoisotopic (exact) mass is 259 g/mol. The van der Waals surface area contributed by atoms with Gasteiger partial charge in [-0.15, -0.1) is 0 Å². The third-order valence-electron chi connectivity index (χ3n) is 2.13. The van der Waals surface area contributed by atoms with Gasteiger partial charge in [0.25, 0.3) is 0 Å². The lowest BCUT2D eigenvalue weighted by Crippen LogP contribution is -2.09. The maximum absolute atomic E-state index is 10.7. The Labute approximate surface area is 104 Å². The number of hydrogen-bond donors (Lipinski definition) is 2. The second kappa shape index (κ2) is 6.36. The molecular weight excluding hydrogens is 246 g/mol. The van der Waals surface area contributed by atoms with E-state index in [4.69, 9.17) is 16.7 Å². The Morgan fingerprint density at radius 2 is 2.35 bits per heavy atom. The summed E-state index contributed by atoms with van der Waals surface area (Å²) in [6, 6.07) is 2.69. The Kier molecular flexibility index (Phi) is 5.11. The van der Waals surface area contributed by atoms with Crippen molar-refractivity contribution in [2.45, 2.75) is 25.9 Å². The average Bonchev–Trinajstić information content (AvgIpc) is 2.23. The molecule has 1 unspecified atom stereocenters. The number of hydrogen-bond acceptors (Lipinski definition) is 5. The number of nitrogens with zero attached hydrogens (tertiary/aromatic N) is 2. The van der Waals surface area contributed by atoms with Crippen molar-refractivity contribution in [3.63, 3.8) is 0 Å². The average molecular weight is 260 g/mol. The van der Waals surface area contributed by atoms with Crippen LogP contribution in [0.15, 0.2) is 12.1 Å². The van der Waals surface area contributed by atoms with E-state index in [-0.39, 0.29) is 22.8 Å². The van der Waals surface area contributed by atoms with Gasteiger partial charge in [-0.3, -0.25) is 10.1 Å². The zero-order valence-electron chi connectivity index (χ0n) is 9.39. The van der Waals surface area contributed by atoms with Gasteiger partial charge in [-0.25, -0.2) is 4.98 Å². The van der Waals surface area contributed by atoms with Gasteiger partial charge in [0.1, 0.15) is 5.15 Å². The molecule has 0 aliphatic carbocycles. The van der Waals surface area contributed by atoms with E-state index in [2.05, 4.69) is 10.3 Å². The summed E-state index contributed by atoms with van der Waals surface area (Å²) in [7, 11) is 0. The first-order valence-corrected chi connectivity index (χ1v) is 5.61. The van der Waals surface area contributed by atoms with Gasteiger partial charge in [0.05, 0.1) is 11.0 Å². The third-order valence-corrected chi connectivity index (χ3v) is 2.34. The largest absolute Gasteiger partial charge is 0.393 e. The molecule has 94 valence electrons. The van der Waals surface area contributed by atoms with Crippen LogP contribution in [0.25, 0.3) is 0 Å². The van der Waals surface area contributed by atoms with Gasteiger partial charge >= 0.3 is 5.69 Å². The van der Waals surface area contributed by atoms with Crippen molar-refractivity contribution >= 4 is 23.1 Å². The Morgan fingerprint density at radius 1 is 1.65 bits per heavy atom. The molecule has 0 aliphatic rings. The molecule has 0 amide bonds. The number of aliphatic hydroxyl groups is 1. The molecule has 17 heavy (non-hydrogen) atoms. The molecule has 0 radical (unpaired) electrons. The molecule has 0 saturated carbocycles. The number of halogens is 1. The molecule has 0 aromatic carbocycles. The van der Waals surface area contributed by atoms with Crippen LogP contribution in [0.2, 0.25) is 5.15 Å². The van der Waals surface area contributed by atoms with Crippen LogP contribution < -0.4 is 5.32 Å². The fourth-order valence-corrected chi connectivity index (χ4v) is 1.46. The zero-order chi connectivity index (χ0) is 12.8. The van der Waals surface area contributed by atoms with E-state index in [1.165, 1.54) is 12.1 Å². The normalized spacial score (nSPS) is 12.2. The molecule has 6 nitrogen and oxygen atoms in total. The van der Waals surface area contributed by atoms with Gasteiger partial charge in [-0.1, -0.05) is 11.6 Å². The predicted molar refractivity (Wildman–Crippen MR) is 65.3 cm³/mol. The minimum absolute atomic E-state index is 0.105. The molecular formula is C10H14ClN3O3. The van der Waals surface area contributed by atoms with Gasteiger partial charge < -0.3 is 10.4 Å². The molecule has 1 aromatic rings. The topological polar surface area (TPSA) is 88.3 Å². The van der Waals surface area contributed by atoms with Crippen LogP contribution in [0.3, 0.4) is 0 Å². The van der Waals surface area contributed by atoms with Crippen molar-refractivity contribution in [1.82, 2.24) is 4.98 Å². The molecule has 1 rings (SSSR count). The summed E-state index contributed by atoms with van der Waals surface area (Å²) in [6.07, 6.45) is 0.948. The highest BCUT2D eigenvalue weighted by Crippen LogP contribution is 2.23. The molecule has 1 aromatic heterocycles. The number of rotatable bonds is 6. The number of aromatic nitrogens is 1. The fraction of sp³-hybridized carbons (Fsp3) is 0.500. The van der Waals surface area contributed by atoms with Crippen LogP contribution in [0, 0.1) is 10.1 Å². The summed E-state index contributed by atoms with van der Waals surface area (Å²) < 4.78 is 0. The SMILES string of the molecule is CC(O)CCCNc1nc(Cl)ccc1[N+](=O)[O-]. The van der Waals surface area contributed by atoms with Crippen LogP contribution in [0.5, 0.6) is 0 Å². The molecule has 0 aliphatic heterocycles. The lowest BCUT2D eigenvalue weighted by atomic mass is 10.2. The highest BCUT2D eigenvalue weighted by molar-refractivity contribution is 6.29. The molecule has 0 bridgehead atoms. The van der Waals surface area contributed by atoms with E-state index >= 15 is 0 Å². The number of aliphatic hydroxyl groups excluding tert-OH is 1. The Balaban J connectivity index is 2.62. The lowest BCUT2D eigenvalue weighted by molar-refractivity contribution is -0.384. The summed E-state index contributed by atoms with van der Waals surface area (Å²) >= 11 is 5.67.